The summed E-state index contributed by atoms with van der Waals surface area (Å²) in [5.41, 5.74) is 11.1. The Morgan fingerprint density at radius 2 is 2.10 bits per heavy atom. The van der Waals surface area contributed by atoms with E-state index in [0.717, 1.165) is 56.6 Å². The Bertz CT molecular complexity index is 823. The zero-order valence-electron chi connectivity index (χ0n) is 17.3. The molecule has 0 spiro atoms. The summed E-state index contributed by atoms with van der Waals surface area (Å²) in [6, 6.07) is 10.8. The van der Waals surface area contributed by atoms with Crippen LogP contribution in [0.4, 0.5) is 0 Å². The molecule has 5 nitrogen and oxygen atoms in total. The third-order valence-corrected chi connectivity index (χ3v) is 6.63. The van der Waals surface area contributed by atoms with E-state index >= 15 is 0 Å². The highest BCUT2D eigenvalue weighted by molar-refractivity contribution is 5.36. The summed E-state index contributed by atoms with van der Waals surface area (Å²) in [6.07, 6.45) is 7.95. The lowest BCUT2D eigenvalue weighted by molar-refractivity contribution is 0.0802. The molecule has 29 heavy (non-hydrogen) atoms. The van der Waals surface area contributed by atoms with Crippen molar-refractivity contribution >= 4 is 0 Å². The van der Waals surface area contributed by atoms with E-state index < -0.39 is 0 Å². The molecule has 0 saturated heterocycles. The van der Waals surface area contributed by atoms with Crippen molar-refractivity contribution in [3.05, 3.63) is 58.9 Å². The summed E-state index contributed by atoms with van der Waals surface area (Å²) < 4.78 is 11.1. The molecule has 0 bridgehead atoms. The predicted molar refractivity (Wildman–Crippen MR) is 113 cm³/mol. The molecule has 1 heterocycles. The maximum Gasteiger partial charge on any atom is 0.137 e. The van der Waals surface area contributed by atoms with Gasteiger partial charge in [0.1, 0.15) is 5.75 Å². The van der Waals surface area contributed by atoms with Crippen molar-refractivity contribution < 1.29 is 14.6 Å². The number of ether oxygens (including phenoxy) is 2. The Kier molecular flexibility index (Phi) is 6.18. The number of aromatic nitrogens is 1. The lowest BCUT2D eigenvalue weighted by Crippen LogP contribution is -2.40. The number of hydrogen-bond donors (Lipinski definition) is 2. The van der Waals surface area contributed by atoms with E-state index in [1.807, 2.05) is 12.1 Å². The molecular formula is C24H32N2O3. The Morgan fingerprint density at radius 3 is 2.83 bits per heavy atom. The summed E-state index contributed by atoms with van der Waals surface area (Å²) in [5, 5.41) is 9.53. The summed E-state index contributed by atoms with van der Waals surface area (Å²) in [4.78, 5) is 4.36. The normalized spacial score (nSPS) is 26.3. The van der Waals surface area contributed by atoms with Crippen LogP contribution in [0.2, 0.25) is 0 Å². The second kappa shape index (κ2) is 8.82. The van der Waals surface area contributed by atoms with Crippen LogP contribution in [0, 0.1) is 5.92 Å². The molecule has 3 N–H and O–H groups in total. The van der Waals surface area contributed by atoms with E-state index in [-0.39, 0.29) is 12.1 Å². The SMILES string of the molecule is COc1ccc(COC[C@H]2CCc3cc([C@H]4CC[C@](N)(CO)C4)ccc3C2)nc1. The smallest absolute Gasteiger partial charge is 0.137 e. The number of rotatable bonds is 7. The Labute approximate surface area is 173 Å². The lowest BCUT2D eigenvalue weighted by atomic mass is 9.82. The van der Waals surface area contributed by atoms with Crippen molar-refractivity contribution in [2.75, 3.05) is 20.3 Å². The van der Waals surface area contributed by atoms with Gasteiger partial charge in [-0.2, -0.15) is 0 Å². The molecule has 1 aromatic heterocycles. The highest BCUT2D eigenvalue weighted by Gasteiger charge is 2.36. The average Bonchev–Trinajstić information content (AvgIpc) is 3.16. The van der Waals surface area contributed by atoms with Crippen molar-refractivity contribution in [1.82, 2.24) is 4.98 Å². The summed E-state index contributed by atoms with van der Waals surface area (Å²) >= 11 is 0. The van der Waals surface area contributed by atoms with E-state index in [4.69, 9.17) is 15.2 Å². The molecule has 2 aliphatic carbocycles. The number of hydrogen-bond acceptors (Lipinski definition) is 5. The van der Waals surface area contributed by atoms with Crippen LogP contribution in [0.1, 0.15) is 54.0 Å². The first-order valence-electron chi connectivity index (χ1n) is 10.7. The Hall–Kier alpha value is -1.95. The van der Waals surface area contributed by atoms with Crippen LogP contribution in [0.25, 0.3) is 0 Å². The van der Waals surface area contributed by atoms with Gasteiger partial charge in [0.05, 0.1) is 38.8 Å². The van der Waals surface area contributed by atoms with Crippen LogP contribution in [0.5, 0.6) is 5.75 Å². The van der Waals surface area contributed by atoms with Crippen molar-refractivity contribution in [2.24, 2.45) is 11.7 Å². The topological polar surface area (TPSA) is 77.6 Å². The molecule has 3 atom stereocenters. The molecule has 1 fully saturated rings. The number of methoxy groups -OCH3 is 1. The van der Waals surface area contributed by atoms with Crippen LogP contribution >= 0.6 is 0 Å². The second-order valence-corrected chi connectivity index (χ2v) is 8.80. The lowest BCUT2D eigenvalue weighted by Gasteiger charge is -2.26. The van der Waals surface area contributed by atoms with Gasteiger partial charge < -0.3 is 20.3 Å². The molecule has 1 aromatic carbocycles. The fourth-order valence-corrected chi connectivity index (χ4v) is 4.78. The number of aliphatic hydroxyl groups excluding tert-OH is 1. The van der Waals surface area contributed by atoms with Crippen LogP contribution in [-0.2, 0) is 24.2 Å². The van der Waals surface area contributed by atoms with Crippen LogP contribution < -0.4 is 10.5 Å². The number of benzene rings is 1. The molecule has 0 radical (unpaired) electrons. The van der Waals surface area contributed by atoms with Crippen LogP contribution in [-0.4, -0.2) is 36.0 Å². The fourth-order valence-electron chi connectivity index (χ4n) is 4.78. The number of fused-ring (bicyclic) bond motifs is 1. The summed E-state index contributed by atoms with van der Waals surface area (Å²) in [7, 11) is 1.64. The molecule has 156 valence electrons. The highest BCUT2D eigenvalue weighted by atomic mass is 16.5. The Morgan fingerprint density at radius 1 is 1.21 bits per heavy atom. The minimum absolute atomic E-state index is 0.0855. The first-order valence-corrected chi connectivity index (χ1v) is 10.7. The molecule has 1 saturated carbocycles. The van der Waals surface area contributed by atoms with Gasteiger partial charge in [0.2, 0.25) is 0 Å². The van der Waals surface area contributed by atoms with Crippen molar-refractivity contribution in [3.8, 4) is 5.75 Å². The summed E-state index contributed by atoms with van der Waals surface area (Å²) in [6.45, 7) is 1.39. The predicted octanol–water partition coefficient (Wildman–Crippen LogP) is 3.37. The molecule has 0 amide bonds. The van der Waals surface area contributed by atoms with Crippen LogP contribution in [0.15, 0.2) is 36.5 Å². The minimum Gasteiger partial charge on any atom is -0.495 e. The van der Waals surface area contributed by atoms with E-state index in [1.54, 1.807) is 13.3 Å². The van der Waals surface area contributed by atoms with Gasteiger partial charge in [-0.05, 0) is 79.2 Å². The monoisotopic (exact) mass is 396 g/mol. The molecule has 0 aliphatic heterocycles. The minimum atomic E-state index is -0.387. The van der Waals surface area contributed by atoms with Crippen molar-refractivity contribution in [3.63, 3.8) is 0 Å². The van der Waals surface area contributed by atoms with Gasteiger partial charge in [-0.3, -0.25) is 4.98 Å². The van der Waals surface area contributed by atoms with E-state index in [9.17, 15) is 5.11 Å². The van der Waals surface area contributed by atoms with Crippen LogP contribution in [0.3, 0.4) is 0 Å². The molecule has 5 heteroatoms. The van der Waals surface area contributed by atoms with Crippen molar-refractivity contribution in [1.29, 1.82) is 0 Å². The first-order chi connectivity index (χ1) is 14.1. The standard InChI is InChI=1S/C24H32N2O3/c1-28-23-7-6-22(26-13-23)15-29-14-17-2-3-19-11-20(5-4-18(19)10-17)21-8-9-24(25,12-21)16-27/h4-7,11,13,17,21,27H,2-3,8-10,12,14-16,25H2,1H3/t17-,21-,24+/m0/s1. The number of aryl methyl sites for hydroxylation is 1. The van der Waals surface area contributed by atoms with E-state index in [2.05, 4.69) is 23.2 Å². The summed E-state index contributed by atoms with van der Waals surface area (Å²) in [5.74, 6) is 1.81. The van der Waals surface area contributed by atoms with E-state index in [0.29, 0.717) is 18.4 Å². The number of aliphatic hydroxyl groups is 1. The molecule has 4 rings (SSSR count). The molecule has 2 aliphatic rings. The quantitative estimate of drug-likeness (QED) is 0.750. The van der Waals surface area contributed by atoms with Gasteiger partial charge in [-0.15, -0.1) is 0 Å². The second-order valence-electron chi connectivity index (χ2n) is 8.80. The number of nitrogens with zero attached hydrogens (tertiary/aromatic N) is 1. The molecule has 0 unspecified atom stereocenters. The zero-order chi connectivity index (χ0) is 20.3. The van der Waals surface area contributed by atoms with E-state index in [1.165, 1.54) is 16.7 Å². The zero-order valence-corrected chi connectivity index (χ0v) is 17.3. The van der Waals surface area contributed by atoms with Gasteiger partial charge in [-0.1, -0.05) is 18.2 Å². The largest absolute Gasteiger partial charge is 0.495 e. The third kappa shape index (κ3) is 4.80. The maximum absolute atomic E-state index is 9.53. The van der Waals surface area contributed by atoms with Gasteiger partial charge in [0.25, 0.3) is 0 Å². The van der Waals surface area contributed by atoms with Gasteiger partial charge in [0, 0.05) is 5.54 Å². The van der Waals surface area contributed by atoms with Gasteiger partial charge in [0.15, 0.2) is 0 Å². The van der Waals surface area contributed by atoms with Crippen molar-refractivity contribution in [2.45, 2.75) is 56.6 Å². The fraction of sp³-hybridized carbons (Fsp3) is 0.542. The van der Waals surface area contributed by atoms with Gasteiger partial charge >= 0.3 is 0 Å². The third-order valence-electron chi connectivity index (χ3n) is 6.63. The number of pyridine rings is 1. The maximum atomic E-state index is 9.53. The molecule has 2 aromatic rings. The highest BCUT2D eigenvalue weighted by Crippen LogP contribution is 2.40. The Balaban J connectivity index is 1.30. The molecular weight excluding hydrogens is 364 g/mol. The average molecular weight is 397 g/mol. The number of nitrogens with two attached hydrogens (primary N) is 1. The first kappa shape index (κ1) is 20.3. The van der Waals surface area contributed by atoms with Gasteiger partial charge in [-0.25, -0.2) is 0 Å².